The first-order valence-electron chi connectivity index (χ1n) is 14.0. The van der Waals surface area contributed by atoms with E-state index in [-0.39, 0.29) is 5.69 Å². The van der Waals surface area contributed by atoms with E-state index in [1.807, 2.05) is 56.6 Å². The molecule has 41 heavy (non-hydrogen) atoms. The minimum absolute atomic E-state index is 0.178. The van der Waals surface area contributed by atoms with E-state index >= 15 is 0 Å². The smallest absolute Gasteiger partial charge is 0.352 e. The summed E-state index contributed by atoms with van der Waals surface area (Å²) in [5, 5.41) is 17.1. The van der Waals surface area contributed by atoms with Crippen LogP contribution >= 0.6 is 23.2 Å². The number of benzene rings is 2. The second kappa shape index (κ2) is 12.4. The highest BCUT2D eigenvalue weighted by molar-refractivity contribution is 6.35. The number of aromatic carboxylic acids is 1. The van der Waals surface area contributed by atoms with Crippen LogP contribution in [0.4, 0.5) is 0 Å². The number of rotatable bonds is 10. The molecule has 0 spiro atoms. The Balaban J connectivity index is 1.41. The van der Waals surface area contributed by atoms with Crippen molar-refractivity contribution in [1.82, 2.24) is 19.7 Å². The molecule has 4 aromatic rings. The van der Waals surface area contributed by atoms with Crippen molar-refractivity contribution in [2.24, 2.45) is 0 Å². The summed E-state index contributed by atoms with van der Waals surface area (Å²) in [5.74, 6) is -0.245. The molecule has 2 aromatic carbocycles. The molecule has 0 atom stereocenters. The third-order valence-corrected chi connectivity index (χ3v) is 8.77. The van der Waals surface area contributed by atoms with Crippen LogP contribution in [0.5, 0.6) is 5.75 Å². The molecule has 0 radical (unpaired) electrons. The Hall–Kier alpha value is -3.04. The van der Waals surface area contributed by atoms with Gasteiger partial charge >= 0.3 is 5.97 Å². The van der Waals surface area contributed by atoms with Gasteiger partial charge in [-0.1, -0.05) is 29.3 Å². The Morgan fingerprint density at radius 2 is 1.78 bits per heavy atom. The summed E-state index contributed by atoms with van der Waals surface area (Å²) >= 11 is 13.1. The molecule has 1 saturated heterocycles. The average Bonchev–Trinajstić information content (AvgIpc) is 3.45. The number of nitrogens with zero attached hydrogens (tertiary/aromatic N) is 3. The van der Waals surface area contributed by atoms with Gasteiger partial charge in [-0.3, -0.25) is 9.58 Å². The Morgan fingerprint density at radius 1 is 1.07 bits per heavy atom. The van der Waals surface area contributed by atoms with Gasteiger partial charge in [-0.2, -0.15) is 5.10 Å². The van der Waals surface area contributed by atoms with Gasteiger partial charge < -0.3 is 19.6 Å². The van der Waals surface area contributed by atoms with Gasteiger partial charge in [0.1, 0.15) is 11.4 Å². The van der Waals surface area contributed by atoms with Crippen LogP contribution < -0.4 is 4.74 Å². The topological polar surface area (TPSA) is 92.6 Å². The van der Waals surface area contributed by atoms with Crippen LogP contribution in [0.1, 0.15) is 45.0 Å². The molecule has 2 N–H and O–H groups in total. The molecule has 0 unspecified atom stereocenters. The molecule has 2 aromatic heterocycles. The first-order chi connectivity index (χ1) is 19.7. The summed E-state index contributed by atoms with van der Waals surface area (Å²) in [5.41, 5.74) is 7.14. The molecule has 10 heteroatoms. The number of hydrogen-bond donors (Lipinski definition) is 2. The number of fused-ring (bicyclic) bond motifs is 1. The zero-order valence-corrected chi connectivity index (χ0v) is 25.5. The molecule has 1 fully saturated rings. The molecule has 218 valence electrons. The van der Waals surface area contributed by atoms with E-state index in [0.29, 0.717) is 30.0 Å². The normalized spacial score (nSPS) is 14.2. The summed E-state index contributed by atoms with van der Waals surface area (Å²) in [6, 6.07) is 7.59. The number of aryl methyl sites for hydroxylation is 4. The number of ether oxygens (including phenoxy) is 2. The van der Waals surface area contributed by atoms with E-state index in [2.05, 4.69) is 9.88 Å². The Labute approximate surface area is 250 Å². The fourth-order valence-electron chi connectivity index (χ4n) is 5.75. The number of H-pyrrole nitrogens is 1. The van der Waals surface area contributed by atoms with Crippen LogP contribution in [0, 0.1) is 27.7 Å². The second-order valence-electron chi connectivity index (χ2n) is 10.7. The monoisotopic (exact) mass is 598 g/mol. The zero-order chi connectivity index (χ0) is 29.3. The summed E-state index contributed by atoms with van der Waals surface area (Å²) in [6.45, 7) is 13.4. The maximum atomic E-state index is 12.3. The third-order valence-electron chi connectivity index (χ3n) is 7.86. The zero-order valence-electron chi connectivity index (χ0n) is 23.9. The molecule has 3 heterocycles. The quantitative estimate of drug-likeness (QED) is 0.199. The second-order valence-corrected chi connectivity index (χ2v) is 11.5. The Morgan fingerprint density at radius 3 is 2.46 bits per heavy atom. The first-order valence-corrected chi connectivity index (χ1v) is 14.7. The molecule has 1 aliphatic rings. The fourth-order valence-corrected chi connectivity index (χ4v) is 6.11. The molecule has 0 bridgehead atoms. The number of hydrogen-bond acceptors (Lipinski definition) is 5. The average molecular weight is 600 g/mol. The summed E-state index contributed by atoms with van der Waals surface area (Å²) in [6.07, 6.45) is 1.18. The van der Waals surface area contributed by atoms with E-state index in [1.54, 1.807) is 0 Å². The van der Waals surface area contributed by atoms with Crippen molar-refractivity contribution < 1.29 is 19.4 Å². The first kappa shape index (κ1) is 29.5. The van der Waals surface area contributed by atoms with Crippen molar-refractivity contribution in [3.8, 4) is 16.9 Å². The summed E-state index contributed by atoms with van der Waals surface area (Å²) in [7, 11) is 0. The third kappa shape index (κ3) is 6.11. The largest absolute Gasteiger partial charge is 0.494 e. The van der Waals surface area contributed by atoms with E-state index in [9.17, 15) is 9.90 Å². The highest BCUT2D eigenvalue weighted by Gasteiger charge is 2.24. The lowest BCUT2D eigenvalue weighted by atomic mass is 9.98. The van der Waals surface area contributed by atoms with Gasteiger partial charge in [-0.25, -0.2) is 4.79 Å². The van der Waals surface area contributed by atoms with Gasteiger partial charge in [0.25, 0.3) is 0 Å². The summed E-state index contributed by atoms with van der Waals surface area (Å²) < 4.78 is 13.5. The number of carboxylic acid groups (broad SMARTS) is 1. The van der Waals surface area contributed by atoms with Crippen LogP contribution in [0.15, 0.2) is 24.3 Å². The lowest BCUT2D eigenvalue weighted by molar-refractivity contribution is 0.0359. The number of aromatic nitrogens is 3. The van der Waals surface area contributed by atoms with Gasteiger partial charge in [-0.15, -0.1) is 0 Å². The summed E-state index contributed by atoms with van der Waals surface area (Å²) in [4.78, 5) is 17.9. The number of morpholine rings is 1. The lowest BCUT2D eigenvalue weighted by Crippen LogP contribution is -2.38. The van der Waals surface area contributed by atoms with Crippen molar-refractivity contribution in [3.63, 3.8) is 0 Å². The van der Waals surface area contributed by atoms with Crippen LogP contribution in [-0.4, -0.2) is 70.2 Å². The molecule has 1 aliphatic heterocycles. The highest BCUT2D eigenvalue weighted by Crippen LogP contribution is 2.40. The lowest BCUT2D eigenvalue weighted by Gasteiger charge is -2.26. The highest BCUT2D eigenvalue weighted by atomic mass is 35.5. The predicted molar refractivity (Wildman–Crippen MR) is 163 cm³/mol. The van der Waals surface area contributed by atoms with Crippen molar-refractivity contribution >= 4 is 40.1 Å². The molecule has 0 saturated carbocycles. The molecule has 0 aliphatic carbocycles. The predicted octanol–water partition coefficient (Wildman–Crippen LogP) is 6.61. The number of carboxylic acids is 1. The van der Waals surface area contributed by atoms with Crippen LogP contribution in [0.3, 0.4) is 0 Å². The van der Waals surface area contributed by atoms with Crippen molar-refractivity contribution in [1.29, 1.82) is 0 Å². The molecular formula is C31H36Cl2N4O4. The number of aromatic amines is 1. The van der Waals surface area contributed by atoms with Crippen molar-refractivity contribution in [2.45, 2.75) is 47.1 Å². The minimum Gasteiger partial charge on any atom is -0.494 e. The van der Waals surface area contributed by atoms with Gasteiger partial charge in [0.05, 0.1) is 42.6 Å². The van der Waals surface area contributed by atoms with Crippen LogP contribution in [0.25, 0.3) is 22.0 Å². The number of halogens is 2. The Bertz CT molecular complexity index is 1560. The van der Waals surface area contributed by atoms with E-state index < -0.39 is 5.97 Å². The van der Waals surface area contributed by atoms with Crippen LogP contribution in [-0.2, 0) is 17.7 Å². The minimum atomic E-state index is -1.00. The van der Waals surface area contributed by atoms with E-state index in [4.69, 9.17) is 37.8 Å². The van der Waals surface area contributed by atoms with E-state index in [1.165, 1.54) is 0 Å². The number of nitrogens with one attached hydrogen (secondary N) is 1. The molecule has 5 rings (SSSR count). The SMILES string of the molecule is Cc1cc(OCCCc2c(C(=O)O)[nH]c3c(-c4c(C)nn(CCN5CCOCC5)c4C)c(Cl)ccc23)cc(C)c1Cl. The number of carbonyl (C=O) groups is 1. The Kier molecular flexibility index (Phi) is 8.94. The van der Waals surface area contributed by atoms with E-state index in [0.717, 1.165) is 94.8 Å². The van der Waals surface area contributed by atoms with Crippen molar-refractivity contribution in [3.05, 3.63) is 68.1 Å². The van der Waals surface area contributed by atoms with Gasteiger partial charge in [-0.05, 0) is 75.4 Å². The standard InChI is InChI=1S/C31H36Cl2N4O4/c1-18-16-22(17-19(2)28(18)33)41-13-5-6-23-24-7-8-25(32)27(29(24)34-30(23)31(38)39)26-20(3)35-37(21(26)4)10-9-36-11-14-40-15-12-36/h7-8,16-17,34H,5-6,9-15H2,1-4H3,(H,38,39). The maximum absolute atomic E-state index is 12.3. The van der Waals surface area contributed by atoms with Crippen LogP contribution in [0.2, 0.25) is 10.0 Å². The van der Waals surface area contributed by atoms with Gasteiger partial charge in [0.2, 0.25) is 0 Å². The maximum Gasteiger partial charge on any atom is 0.352 e. The molecule has 8 nitrogen and oxygen atoms in total. The van der Waals surface area contributed by atoms with Gasteiger partial charge in [0, 0.05) is 46.9 Å². The molecular weight excluding hydrogens is 563 g/mol. The van der Waals surface area contributed by atoms with Crippen molar-refractivity contribution in [2.75, 3.05) is 39.5 Å². The fraction of sp³-hybridized carbons (Fsp3) is 0.419. The molecule has 0 amide bonds. The van der Waals surface area contributed by atoms with Gasteiger partial charge in [0.15, 0.2) is 0 Å².